The van der Waals surface area contributed by atoms with Crippen LogP contribution in [0.25, 0.3) is 20.7 Å². The van der Waals surface area contributed by atoms with Gasteiger partial charge in [-0.15, -0.1) is 11.3 Å². The van der Waals surface area contributed by atoms with Crippen molar-refractivity contribution in [1.29, 1.82) is 0 Å². The molecule has 0 atom stereocenters. The number of aryl methyl sites for hydroxylation is 1. The molecule has 2 nitrogen and oxygen atoms in total. The third-order valence-corrected chi connectivity index (χ3v) is 3.98. The molecule has 4 heteroatoms. The molecule has 0 unspecified atom stereocenters. The molecule has 0 aliphatic carbocycles. The molecule has 2 heterocycles. The van der Waals surface area contributed by atoms with Crippen LogP contribution in [0.4, 0.5) is 0 Å². The molecule has 0 bridgehead atoms. The van der Waals surface area contributed by atoms with Gasteiger partial charge in [-0.25, -0.2) is 4.98 Å². The van der Waals surface area contributed by atoms with E-state index in [9.17, 15) is 0 Å². The fourth-order valence-corrected chi connectivity index (χ4v) is 3.24. The maximum Gasteiger partial charge on any atom is 0.128 e. The fourth-order valence-electron chi connectivity index (χ4n) is 1.78. The first-order chi connectivity index (χ1) is 8.24. The van der Waals surface area contributed by atoms with E-state index in [-0.39, 0.29) is 0 Å². The van der Waals surface area contributed by atoms with Crippen LogP contribution in [-0.2, 0) is 0 Å². The molecule has 0 saturated carbocycles. The van der Waals surface area contributed by atoms with Crippen molar-refractivity contribution in [3.8, 4) is 10.4 Å². The van der Waals surface area contributed by atoms with Gasteiger partial charge in [-0.05, 0) is 18.6 Å². The summed E-state index contributed by atoms with van der Waals surface area (Å²) in [5.74, 6) is 0.865. The van der Waals surface area contributed by atoms with Crippen molar-refractivity contribution >= 4 is 33.8 Å². The molecule has 17 heavy (non-hydrogen) atoms. The van der Waals surface area contributed by atoms with Crippen molar-refractivity contribution in [3.05, 3.63) is 46.9 Å². The van der Waals surface area contributed by atoms with Gasteiger partial charge in [0.2, 0.25) is 0 Å². The van der Waals surface area contributed by atoms with Gasteiger partial charge in [0, 0.05) is 10.3 Å². The number of benzene rings is 1. The summed E-state index contributed by atoms with van der Waals surface area (Å²) in [5.41, 5.74) is 1.21. The van der Waals surface area contributed by atoms with Crippen molar-refractivity contribution in [2.45, 2.75) is 6.92 Å². The first-order valence-electron chi connectivity index (χ1n) is 5.30. The number of nitrogens with one attached hydrogen (secondary N) is 1. The SMILES string of the molecule is Cc1nc2sc(-c3ccccc3)cc2c(=S)[nH]1. The lowest BCUT2D eigenvalue weighted by Gasteiger charge is -1.93. The second kappa shape index (κ2) is 4.05. The second-order valence-electron chi connectivity index (χ2n) is 3.85. The van der Waals surface area contributed by atoms with Crippen molar-refractivity contribution in [2.75, 3.05) is 0 Å². The van der Waals surface area contributed by atoms with E-state index in [0.717, 1.165) is 20.7 Å². The number of hydrogen-bond acceptors (Lipinski definition) is 3. The molecule has 0 saturated heterocycles. The molecule has 84 valence electrons. The maximum atomic E-state index is 5.32. The second-order valence-corrected chi connectivity index (χ2v) is 5.29. The molecule has 0 aliphatic heterocycles. The molecule has 3 rings (SSSR count). The summed E-state index contributed by atoms with van der Waals surface area (Å²) in [6, 6.07) is 12.4. The highest BCUT2D eigenvalue weighted by Crippen LogP contribution is 2.32. The lowest BCUT2D eigenvalue weighted by Crippen LogP contribution is -1.85. The topological polar surface area (TPSA) is 28.7 Å². The predicted molar refractivity (Wildman–Crippen MR) is 75.0 cm³/mol. The Morgan fingerprint density at radius 3 is 2.76 bits per heavy atom. The Morgan fingerprint density at radius 1 is 1.24 bits per heavy atom. The molecule has 1 N–H and O–H groups in total. The zero-order valence-electron chi connectivity index (χ0n) is 9.23. The van der Waals surface area contributed by atoms with Gasteiger partial charge in [-0.2, -0.15) is 0 Å². The minimum atomic E-state index is 0.769. The van der Waals surface area contributed by atoms with Gasteiger partial charge in [0.1, 0.15) is 15.3 Å². The van der Waals surface area contributed by atoms with Crippen molar-refractivity contribution < 1.29 is 0 Å². The summed E-state index contributed by atoms with van der Waals surface area (Å²) in [5, 5.41) is 1.04. The Labute approximate surface area is 108 Å². The summed E-state index contributed by atoms with van der Waals surface area (Å²) >= 11 is 7.00. The normalized spacial score (nSPS) is 10.9. The van der Waals surface area contributed by atoms with E-state index in [1.807, 2.05) is 25.1 Å². The minimum Gasteiger partial charge on any atom is -0.334 e. The van der Waals surface area contributed by atoms with Crippen LogP contribution in [0.15, 0.2) is 36.4 Å². The van der Waals surface area contributed by atoms with Crippen LogP contribution in [0.1, 0.15) is 5.82 Å². The Morgan fingerprint density at radius 2 is 2.00 bits per heavy atom. The van der Waals surface area contributed by atoms with Crippen LogP contribution in [0.3, 0.4) is 0 Å². The van der Waals surface area contributed by atoms with Crippen LogP contribution in [0.2, 0.25) is 0 Å². The molecule has 1 aromatic carbocycles. The lowest BCUT2D eigenvalue weighted by atomic mass is 10.2. The monoisotopic (exact) mass is 258 g/mol. The Balaban J connectivity index is 2.28. The highest BCUT2D eigenvalue weighted by atomic mass is 32.1. The quantitative estimate of drug-likeness (QED) is 0.658. The van der Waals surface area contributed by atoms with Gasteiger partial charge < -0.3 is 4.98 Å². The number of nitrogens with zero attached hydrogens (tertiary/aromatic N) is 1. The molecular weight excluding hydrogens is 248 g/mol. The van der Waals surface area contributed by atoms with Crippen LogP contribution in [-0.4, -0.2) is 9.97 Å². The third-order valence-electron chi connectivity index (χ3n) is 2.58. The van der Waals surface area contributed by atoms with Crippen LogP contribution >= 0.6 is 23.6 Å². The highest BCUT2D eigenvalue weighted by molar-refractivity contribution is 7.71. The number of aromatic amines is 1. The summed E-state index contributed by atoms with van der Waals surface area (Å²) in [4.78, 5) is 9.78. The van der Waals surface area contributed by atoms with E-state index >= 15 is 0 Å². The molecule has 0 amide bonds. The average Bonchev–Trinajstić information content (AvgIpc) is 2.74. The van der Waals surface area contributed by atoms with E-state index in [4.69, 9.17) is 12.2 Å². The molecule has 2 aromatic heterocycles. The Hall–Kier alpha value is -1.52. The van der Waals surface area contributed by atoms with Gasteiger partial charge in [0.25, 0.3) is 0 Å². The smallest absolute Gasteiger partial charge is 0.128 e. The molecule has 0 spiro atoms. The van der Waals surface area contributed by atoms with E-state index in [1.165, 1.54) is 10.4 Å². The van der Waals surface area contributed by atoms with Crippen LogP contribution in [0, 0.1) is 11.6 Å². The fraction of sp³-hybridized carbons (Fsp3) is 0.0769. The number of hydrogen-bond donors (Lipinski definition) is 1. The summed E-state index contributed by atoms with van der Waals surface area (Å²) in [6.45, 7) is 1.93. The van der Waals surface area contributed by atoms with Crippen LogP contribution in [0.5, 0.6) is 0 Å². The number of thiophene rings is 1. The number of aromatic nitrogens is 2. The van der Waals surface area contributed by atoms with Gasteiger partial charge >= 0.3 is 0 Å². The Bertz CT molecular complexity index is 726. The molecular formula is C13H10N2S2. The molecule has 0 radical (unpaired) electrons. The molecule has 0 aliphatic rings. The van der Waals surface area contributed by atoms with Crippen molar-refractivity contribution in [2.24, 2.45) is 0 Å². The van der Waals surface area contributed by atoms with Crippen molar-refractivity contribution in [1.82, 2.24) is 9.97 Å². The summed E-state index contributed by atoms with van der Waals surface area (Å²) < 4.78 is 0.769. The zero-order chi connectivity index (χ0) is 11.8. The summed E-state index contributed by atoms with van der Waals surface area (Å²) in [7, 11) is 0. The number of rotatable bonds is 1. The van der Waals surface area contributed by atoms with E-state index < -0.39 is 0 Å². The van der Waals surface area contributed by atoms with E-state index in [2.05, 4.69) is 28.2 Å². The first-order valence-corrected chi connectivity index (χ1v) is 6.52. The number of H-pyrrole nitrogens is 1. The van der Waals surface area contributed by atoms with Gasteiger partial charge in [-0.3, -0.25) is 0 Å². The Kier molecular flexibility index (Phi) is 2.53. The molecule has 0 fully saturated rings. The van der Waals surface area contributed by atoms with E-state index in [0.29, 0.717) is 0 Å². The highest BCUT2D eigenvalue weighted by Gasteiger charge is 2.06. The van der Waals surface area contributed by atoms with E-state index in [1.54, 1.807) is 11.3 Å². The maximum absolute atomic E-state index is 5.32. The predicted octanol–water partition coefficient (Wildman–Crippen LogP) is 4.33. The van der Waals surface area contributed by atoms with Crippen molar-refractivity contribution in [3.63, 3.8) is 0 Å². The minimum absolute atomic E-state index is 0.769. The standard InChI is InChI=1S/C13H10N2S2/c1-8-14-12(16)10-7-11(17-13(10)15-8)9-5-3-2-4-6-9/h2-7H,1H3,(H,14,15,16). The first kappa shape index (κ1) is 10.6. The molecule has 3 aromatic rings. The largest absolute Gasteiger partial charge is 0.334 e. The lowest BCUT2D eigenvalue weighted by molar-refractivity contribution is 1.09. The third kappa shape index (κ3) is 1.90. The van der Waals surface area contributed by atoms with Gasteiger partial charge in [-0.1, -0.05) is 42.5 Å². The number of fused-ring (bicyclic) bond motifs is 1. The van der Waals surface area contributed by atoms with Crippen LogP contribution < -0.4 is 0 Å². The van der Waals surface area contributed by atoms with Gasteiger partial charge in [0.05, 0.1) is 0 Å². The average molecular weight is 258 g/mol. The summed E-state index contributed by atoms with van der Waals surface area (Å²) in [6.07, 6.45) is 0. The zero-order valence-corrected chi connectivity index (χ0v) is 10.9. The van der Waals surface area contributed by atoms with Gasteiger partial charge in [0.15, 0.2) is 0 Å².